The molecule has 1 amide bonds. The van der Waals surface area contributed by atoms with Crippen LogP contribution in [0.4, 0.5) is 17.1 Å². The maximum absolute atomic E-state index is 12.1. The van der Waals surface area contributed by atoms with Crippen LogP contribution < -0.4 is 5.32 Å². The molecule has 0 spiro atoms. The highest BCUT2D eigenvalue weighted by Gasteiger charge is 2.37. The minimum absolute atomic E-state index is 0.171. The molecule has 9 heteroatoms. The van der Waals surface area contributed by atoms with Gasteiger partial charge >= 0.3 is 5.97 Å². The Balaban J connectivity index is 2.42. The maximum atomic E-state index is 12.1. The number of carbonyl (C=O) groups is 2. The van der Waals surface area contributed by atoms with Crippen molar-refractivity contribution in [3.05, 3.63) is 16.1 Å². The Hall–Kier alpha value is -1.44. The van der Waals surface area contributed by atoms with Crippen LogP contribution in [0, 0.1) is 5.41 Å². The van der Waals surface area contributed by atoms with E-state index in [-0.39, 0.29) is 10.7 Å². The summed E-state index contributed by atoms with van der Waals surface area (Å²) in [6.45, 7) is 2.59. The van der Waals surface area contributed by atoms with Crippen LogP contribution in [-0.2, 0) is 20.9 Å². The molecule has 1 aliphatic heterocycles. The van der Waals surface area contributed by atoms with Gasteiger partial charge in [0.25, 0.3) is 0 Å². The summed E-state index contributed by atoms with van der Waals surface area (Å²) in [5.74, 6) is -1.95. The summed E-state index contributed by atoms with van der Waals surface area (Å²) < 4.78 is 8.02. The molecule has 0 unspecified atom stereocenters. The van der Waals surface area contributed by atoms with Crippen LogP contribution >= 0.6 is 23.2 Å². The van der Waals surface area contributed by atoms with Crippen molar-refractivity contribution in [3.8, 4) is 0 Å². The quantitative estimate of drug-likeness (QED) is 0.837. The molecular weight excluding hydrogens is 325 g/mol. The molecule has 2 rings (SSSR count). The van der Waals surface area contributed by atoms with E-state index >= 15 is 0 Å². The largest absolute Gasteiger partial charge is 0.480 e. The minimum Gasteiger partial charge on any atom is -0.480 e. The van der Waals surface area contributed by atoms with Crippen LogP contribution in [0.5, 0.6) is 0 Å². The standard InChI is InChI=1S/C11H9Cl2N3O3S/c1-11(2,10(18)19)9(17)14-6-4(12)3-5(13)7-8(6)16-20-15-7/h3H,1-2H3,(H,14,17)(H,18,19). The first-order chi connectivity index (χ1) is 9.25. The first kappa shape index (κ1) is 15.0. The summed E-state index contributed by atoms with van der Waals surface area (Å²) >= 11 is 12.9. The van der Waals surface area contributed by atoms with Gasteiger partial charge in [-0.3, -0.25) is 9.59 Å². The number of hydrogen-bond donors (Lipinski definition) is 2. The highest BCUT2D eigenvalue weighted by molar-refractivity contribution is 7.58. The van der Waals surface area contributed by atoms with E-state index < -0.39 is 17.3 Å². The summed E-state index contributed by atoms with van der Waals surface area (Å²) in [6, 6.07) is 1.43. The van der Waals surface area contributed by atoms with E-state index in [9.17, 15) is 9.59 Å². The van der Waals surface area contributed by atoms with Crippen molar-refractivity contribution in [2.75, 3.05) is 5.32 Å². The normalized spacial score (nSPS) is 12.8. The van der Waals surface area contributed by atoms with Gasteiger partial charge in [-0.05, 0) is 19.9 Å². The zero-order valence-electron chi connectivity index (χ0n) is 10.4. The Morgan fingerprint density at radius 1 is 1.25 bits per heavy atom. The summed E-state index contributed by atoms with van der Waals surface area (Å²) in [5.41, 5.74) is -0.649. The summed E-state index contributed by atoms with van der Waals surface area (Å²) in [4.78, 5) is 23.1. The van der Waals surface area contributed by atoms with E-state index in [1.54, 1.807) is 0 Å². The lowest BCUT2D eigenvalue weighted by atomic mass is 9.92. The van der Waals surface area contributed by atoms with E-state index in [1.807, 2.05) is 0 Å². The number of aliphatic carboxylic acids is 1. The first-order valence-corrected chi connectivity index (χ1v) is 6.89. The molecule has 0 saturated heterocycles. The zero-order chi connectivity index (χ0) is 15.1. The number of rotatable bonds is 3. The fourth-order valence-corrected chi connectivity index (χ4v) is 2.52. The number of carboxylic acids is 1. The number of carbonyl (C=O) groups excluding carboxylic acids is 1. The van der Waals surface area contributed by atoms with E-state index in [0.717, 1.165) is 11.4 Å². The Labute approximate surface area is 128 Å². The molecular formula is C11H9Cl2N3O3S. The van der Waals surface area contributed by atoms with Gasteiger partial charge in [0.1, 0.15) is 16.8 Å². The third-order valence-corrected chi connectivity index (χ3v) is 3.90. The van der Waals surface area contributed by atoms with Crippen LogP contribution in [0.1, 0.15) is 13.8 Å². The number of halogens is 2. The molecule has 2 N–H and O–H groups in total. The highest BCUT2D eigenvalue weighted by atomic mass is 35.5. The molecule has 106 valence electrons. The van der Waals surface area contributed by atoms with Crippen LogP contribution in [0.3, 0.4) is 0 Å². The minimum atomic E-state index is -1.60. The van der Waals surface area contributed by atoms with Gasteiger partial charge in [-0.1, -0.05) is 23.2 Å². The highest BCUT2D eigenvalue weighted by Crippen LogP contribution is 2.47. The molecule has 20 heavy (non-hydrogen) atoms. The predicted molar refractivity (Wildman–Crippen MR) is 78.0 cm³/mol. The van der Waals surface area contributed by atoms with Gasteiger partial charge < -0.3 is 10.4 Å². The number of carboxylic acid groups (broad SMARTS) is 1. The smallest absolute Gasteiger partial charge is 0.318 e. The summed E-state index contributed by atoms with van der Waals surface area (Å²) in [6.07, 6.45) is 0. The van der Waals surface area contributed by atoms with Crippen molar-refractivity contribution < 1.29 is 14.7 Å². The molecule has 0 saturated carbocycles. The average molecular weight is 334 g/mol. The third-order valence-electron chi connectivity index (χ3n) is 2.78. The van der Waals surface area contributed by atoms with E-state index in [2.05, 4.69) is 14.0 Å². The number of hydrogen-bond acceptors (Lipinski definition) is 4. The van der Waals surface area contributed by atoms with Crippen LogP contribution in [0.25, 0.3) is 0 Å². The van der Waals surface area contributed by atoms with Gasteiger partial charge in [0.15, 0.2) is 0 Å². The Bertz CT molecular complexity index is 697. The summed E-state index contributed by atoms with van der Waals surface area (Å²) in [5, 5.41) is 12.0. The Morgan fingerprint density at radius 3 is 2.45 bits per heavy atom. The van der Waals surface area contributed by atoms with Gasteiger partial charge in [-0.15, -0.1) is 0 Å². The van der Waals surface area contributed by atoms with E-state index in [0.29, 0.717) is 16.4 Å². The lowest BCUT2D eigenvalue weighted by molar-refractivity contribution is -0.151. The number of nitrogens with one attached hydrogen (secondary N) is 1. The number of benzene rings is 1. The molecule has 0 bridgehead atoms. The molecule has 1 heterocycles. The monoisotopic (exact) mass is 333 g/mol. The molecule has 1 aliphatic rings. The fraction of sp³-hybridized carbons (Fsp3) is 0.273. The second kappa shape index (κ2) is 5.16. The van der Waals surface area contributed by atoms with Crippen molar-refractivity contribution in [1.82, 2.24) is 0 Å². The second-order valence-corrected chi connectivity index (χ2v) is 5.90. The van der Waals surface area contributed by atoms with E-state index in [4.69, 9.17) is 28.3 Å². The van der Waals surface area contributed by atoms with Crippen LogP contribution in [0.15, 0.2) is 14.8 Å². The number of amides is 1. The number of fused-ring (bicyclic) bond motifs is 1. The molecule has 0 atom stereocenters. The van der Waals surface area contributed by atoms with Gasteiger partial charge in [-0.2, -0.15) is 8.73 Å². The topological polar surface area (TPSA) is 91.1 Å². The second-order valence-electron chi connectivity index (χ2n) is 4.56. The molecule has 0 radical (unpaired) electrons. The van der Waals surface area contributed by atoms with Gasteiger partial charge in [0.05, 0.1) is 27.1 Å². The molecule has 0 fully saturated rings. The van der Waals surface area contributed by atoms with E-state index in [1.165, 1.54) is 19.9 Å². The molecule has 1 aromatic carbocycles. The number of anilines is 1. The summed E-state index contributed by atoms with van der Waals surface area (Å²) in [7, 11) is 0. The molecule has 0 aliphatic carbocycles. The SMILES string of the molecule is CC(C)(C(=O)O)C(=O)Nc1c(Cl)cc(Cl)c2c1N=S=N2. The lowest BCUT2D eigenvalue weighted by Gasteiger charge is -2.19. The third kappa shape index (κ3) is 2.44. The van der Waals surface area contributed by atoms with Gasteiger partial charge in [-0.25, -0.2) is 0 Å². The van der Waals surface area contributed by atoms with Gasteiger partial charge in [0, 0.05) is 0 Å². The zero-order valence-corrected chi connectivity index (χ0v) is 12.7. The Morgan fingerprint density at radius 2 is 1.85 bits per heavy atom. The van der Waals surface area contributed by atoms with Crippen molar-refractivity contribution >= 4 is 63.5 Å². The Kier molecular flexibility index (Phi) is 3.86. The predicted octanol–water partition coefficient (Wildman–Crippen LogP) is 3.77. The average Bonchev–Trinajstić information content (AvgIpc) is 2.83. The maximum Gasteiger partial charge on any atom is 0.318 e. The number of nitrogens with zero attached hydrogens (tertiary/aromatic N) is 2. The molecule has 1 aromatic rings. The van der Waals surface area contributed by atoms with Crippen LogP contribution in [0.2, 0.25) is 10.0 Å². The van der Waals surface area contributed by atoms with Crippen molar-refractivity contribution in [2.45, 2.75) is 13.8 Å². The van der Waals surface area contributed by atoms with Crippen molar-refractivity contribution in [2.24, 2.45) is 14.1 Å². The van der Waals surface area contributed by atoms with Gasteiger partial charge in [0.2, 0.25) is 5.91 Å². The first-order valence-electron chi connectivity index (χ1n) is 5.40. The van der Waals surface area contributed by atoms with Crippen molar-refractivity contribution in [3.63, 3.8) is 0 Å². The van der Waals surface area contributed by atoms with Crippen molar-refractivity contribution in [1.29, 1.82) is 0 Å². The molecule has 6 nitrogen and oxygen atoms in total. The molecule has 0 aromatic heterocycles. The lowest BCUT2D eigenvalue weighted by Crippen LogP contribution is -2.37. The fourth-order valence-electron chi connectivity index (χ4n) is 1.36. The van der Waals surface area contributed by atoms with Crippen LogP contribution in [-0.4, -0.2) is 17.0 Å².